The largest absolute Gasteiger partial charge is 0.383 e. The van der Waals surface area contributed by atoms with Crippen LogP contribution in [-0.2, 0) is 22.6 Å². The van der Waals surface area contributed by atoms with E-state index in [4.69, 9.17) is 4.74 Å². The van der Waals surface area contributed by atoms with E-state index < -0.39 is 0 Å². The van der Waals surface area contributed by atoms with Gasteiger partial charge in [0.1, 0.15) is 5.82 Å². The van der Waals surface area contributed by atoms with Gasteiger partial charge in [-0.25, -0.2) is 4.98 Å². The second-order valence-corrected chi connectivity index (χ2v) is 5.13. The molecule has 0 radical (unpaired) electrons. The first kappa shape index (κ1) is 15.0. The quantitative estimate of drug-likeness (QED) is 0.830. The Hall–Kier alpha value is -1.40. The van der Waals surface area contributed by atoms with Gasteiger partial charge in [-0.15, -0.1) is 0 Å². The number of carbonyl (C=O) groups excluding carboxylic acids is 1. The van der Waals surface area contributed by atoms with Gasteiger partial charge in [0.2, 0.25) is 5.91 Å². The summed E-state index contributed by atoms with van der Waals surface area (Å²) >= 11 is 0. The van der Waals surface area contributed by atoms with Crippen molar-refractivity contribution < 1.29 is 9.53 Å². The minimum atomic E-state index is -0.0266. The highest BCUT2D eigenvalue weighted by Gasteiger charge is 2.28. The van der Waals surface area contributed by atoms with Gasteiger partial charge < -0.3 is 14.6 Å². The van der Waals surface area contributed by atoms with Gasteiger partial charge in [-0.3, -0.25) is 9.69 Å². The molecule has 1 N–H and O–H groups in total. The van der Waals surface area contributed by atoms with Crippen LogP contribution in [0.3, 0.4) is 0 Å². The maximum absolute atomic E-state index is 12.0. The molecule has 0 aromatic carbocycles. The summed E-state index contributed by atoms with van der Waals surface area (Å²) < 4.78 is 7.21. The molecule has 2 rings (SSSR count). The normalized spacial score (nSPS) is 20.0. The third kappa shape index (κ3) is 3.58. The molecule has 6 nitrogen and oxygen atoms in total. The van der Waals surface area contributed by atoms with Crippen molar-refractivity contribution in [1.82, 2.24) is 19.8 Å². The molecule has 0 saturated carbocycles. The summed E-state index contributed by atoms with van der Waals surface area (Å²) in [6.45, 7) is 3.14. The summed E-state index contributed by atoms with van der Waals surface area (Å²) in [6, 6.07) is -0.0266. The average Bonchev–Trinajstić information content (AvgIpc) is 2.92. The molecule has 0 spiro atoms. The molecule has 2 heterocycles. The van der Waals surface area contributed by atoms with Gasteiger partial charge in [-0.05, 0) is 19.4 Å². The van der Waals surface area contributed by atoms with Gasteiger partial charge in [0.05, 0.1) is 19.2 Å². The van der Waals surface area contributed by atoms with Crippen LogP contribution < -0.4 is 5.32 Å². The van der Waals surface area contributed by atoms with E-state index in [0.717, 1.165) is 44.7 Å². The van der Waals surface area contributed by atoms with Crippen LogP contribution in [-0.4, -0.2) is 53.7 Å². The Labute approximate surface area is 120 Å². The summed E-state index contributed by atoms with van der Waals surface area (Å²) in [5.74, 6) is 1.11. The number of methoxy groups -OCH3 is 1. The number of hydrogen-bond acceptors (Lipinski definition) is 4. The molecular weight excluding hydrogens is 256 g/mol. The maximum Gasteiger partial charge on any atom is 0.237 e. The summed E-state index contributed by atoms with van der Waals surface area (Å²) in [6.07, 6.45) is 6.97. The smallest absolute Gasteiger partial charge is 0.237 e. The Bertz CT molecular complexity index is 433. The number of carbonyl (C=O) groups is 1. The van der Waals surface area contributed by atoms with E-state index >= 15 is 0 Å². The lowest BCUT2D eigenvalue weighted by atomic mass is 10.0. The number of ether oxygens (including phenoxy) is 1. The van der Waals surface area contributed by atoms with Crippen LogP contribution in [0.4, 0.5) is 0 Å². The third-order valence-corrected chi connectivity index (χ3v) is 3.85. The lowest BCUT2D eigenvalue weighted by Crippen LogP contribution is -2.48. The zero-order valence-corrected chi connectivity index (χ0v) is 12.3. The molecule has 0 bridgehead atoms. The third-order valence-electron chi connectivity index (χ3n) is 3.85. The van der Waals surface area contributed by atoms with Crippen LogP contribution in [0.5, 0.6) is 0 Å². The molecule has 1 aromatic heterocycles. The predicted octanol–water partition coefficient (Wildman–Crippen LogP) is 0.630. The molecule has 112 valence electrons. The second-order valence-electron chi connectivity index (χ2n) is 5.13. The maximum atomic E-state index is 12.0. The van der Waals surface area contributed by atoms with Crippen LogP contribution in [0.25, 0.3) is 0 Å². The summed E-state index contributed by atoms with van der Waals surface area (Å²) in [7, 11) is 3.40. The minimum Gasteiger partial charge on any atom is -0.383 e. The van der Waals surface area contributed by atoms with E-state index in [1.54, 1.807) is 14.2 Å². The summed E-state index contributed by atoms with van der Waals surface area (Å²) in [5.41, 5.74) is 0. The fraction of sp³-hybridized carbons (Fsp3) is 0.714. The van der Waals surface area contributed by atoms with Crippen molar-refractivity contribution in [3.05, 3.63) is 18.2 Å². The molecule has 1 saturated heterocycles. The van der Waals surface area contributed by atoms with Crippen molar-refractivity contribution in [2.75, 3.05) is 27.3 Å². The fourth-order valence-corrected chi connectivity index (χ4v) is 2.71. The van der Waals surface area contributed by atoms with Gasteiger partial charge in [-0.1, -0.05) is 6.42 Å². The van der Waals surface area contributed by atoms with Crippen LogP contribution in [0, 0.1) is 0 Å². The van der Waals surface area contributed by atoms with Crippen LogP contribution in [0.1, 0.15) is 25.1 Å². The van der Waals surface area contributed by atoms with Gasteiger partial charge in [-0.2, -0.15) is 0 Å². The van der Waals surface area contributed by atoms with Crippen molar-refractivity contribution >= 4 is 5.91 Å². The molecule has 20 heavy (non-hydrogen) atoms. The number of hydrogen-bond donors (Lipinski definition) is 1. The Balaban J connectivity index is 2.03. The highest BCUT2D eigenvalue weighted by Crippen LogP contribution is 2.19. The predicted molar refractivity (Wildman–Crippen MR) is 76.2 cm³/mol. The van der Waals surface area contributed by atoms with E-state index in [-0.39, 0.29) is 11.9 Å². The number of likely N-dealkylation sites (N-methyl/N-ethyl adjacent to an activating group) is 1. The number of nitrogens with one attached hydrogen (secondary N) is 1. The molecule has 1 aliphatic heterocycles. The van der Waals surface area contributed by atoms with Crippen LogP contribution in [0.15, 0.2) is 12.4 Å². The first-order valence-corrected chi connectivity index (χ1v) is 7.21. The molecule has 1 atom stereocenters. The van der Waals surface area contributed by atoms with E-state index in [0.29, 0.717) is 6.61 Å². The summed E-state index contributed by atoms with van der Waals surface area (Å²) in [4.78, 5) is 18.6. The van der Waals surface area contributed by atoms with Gasteiger partial charge in [0.25, 0.3) is 0 Å². The number of nitrogens with zero attached hydrogens (tertiary/aromatic N) is 3. The van der Waals surface area contributed by atoms with Crippen molar-refractivity contribution in [3.63, 3.8) is 0 Å². The lowest BCUT2D eigenvalue weighted by molar-refractivity contribution is -0.127. The SMILES string of the molecule is CNC(=O)[C@H]1CCCCN1Cc1nccn1CCOC. The van der Waals surface area contributed by atoms with Crippen molar-refractivity contribution in [2.45, 2.75) is 38.4 Å². The lowest BCUT2D eigenvalue weighted by Gasteiger charge is -2.34. The first-order valence-electron chi connectivity index (χ1n) is 7.21. The van der Waals surface area contributed by atoms with Crippen molar-refractivity contribution in [2.24, 2.45) is 0 Å². The number of piperidine rings is 1. The molecule has 1 fully saturated rings. The molecule has 6 heteroatoms. The van der Waals surface area contributed by atoms with Crippen molar-refractivity contribution in [3.8, 4) is 0 Å². The molecule has 0 aliphatic carbocycles. The summed E-state index contributed by atoms with van der Waals surface area (Å²) in [5, 5.41) is 2.77. The molecule has 0 unspecified atom stereocenters. The number of aromatic nitrogens is 2. The highest BCUT2D eigenvalue weighted by atomic mass is 16.5. The standard InChI is InChI=1S/C14H24N4O2/c1-15-14(19)12-5-3-4-7-18(12)11-13-16-6-8-17(13)9-10-20-2/h6,8,12H,3-5,7,9-11H2,1-2H3,(H,15,19)/t12-/m1/s1. The monoisotopic (exact) mass is 280 g/mol. The molecule has 1 amide bonds. The molecular formula is C14H24N4O2. The van der Waals surface area contributed by atoms with E-state index in [1.807, 2.05) is 12.4 Å². The number of amides is 1. The Kier molecular flexibility index (Phi) is 5.55. The highest BCUT2D eigenvalue weighted by molar-refractivity contribution is 5.81. The van der Waals surface area contributed by atoms with Crippen molar-refractivity contribution in [1.29, 1.82) is 0 Å². The van der Waals surface area contributed by atoms with Gasteiger partial charge in [0.15, 0.2) is 0 Å². The van der Waals surface area contributed by atoms with Gasteiger partial charge in [0, 0.05) is 33.1 Å². The average molecular weight is 280 g/mol. The van der Waals surface area contributed by atoms with Gasteiger partial charge >= 0.3 is 0 Å². The second kappa shape index (κ2) is 7.40. The number of imidazole rings is 1. The molecule has 1 aromatic rings. The van der Waals surface area contributed by atoms with Crippen LogP contribution >= 0.6 is 0 Å². The van der Waals surface area contributed by atoms with E-state index in [1.165, 1.54) is 0 Å². The first-order chi connectivity index (χ1) is 9.76. The van der Waals surface area contributed by atoms with Crippen LogP contribution in [0.2, 0.25) is 0 Å². The minimum absolute atomic E-state index is 0.0266. The molecule has 1 aliphatic rings. The fourth-order valence-electron chi connectivity index (χ4n) is 2.71. The number of rotatable bonds is 6. The Morgan fingerprint density at radius 2 is 2.40 bits per heavy atom. The topological polar surface area (TPSA) is 59.4 Å². The number of likely N-dealkylation sites (tertiary alicyclic amines) is 1. The Morgan fingerprint density at radius 3 is 3.15 bits per heavy atom. The van der Waals surface area contributed by atoms with E-state index in [9.17, 15) is 4.79 Å². The van der Waals surface area contributed by atoms with E-state index in [2.05, 4.69) is 19.8 Å². The zero-order valence-electron chi connectivity index (χ0n) is 12.3. The zero-order chi connectivity index (χ0) is 14.4. The Morgan fingerprint density at radius 1 is 1.55 bits per heavy atom.